The van der Waals surface area contributed by atoms with Gasteiger partial charge in [0, 0.05) is 41.3 Å². The Hall–Kier alpha value is -3.64. The Morgan fingerprint density at radius 2 is 1.26 bits per heavy atom. The van der Waals surface area contributed by atoms with E-state index >= 15 is 0 Å². The van der Waals surface area contributed by atoms with Crippen LogP contribution in [0.2, 0.25) is 0 Å². The molecule has 0 saturated carbocycles. The molecule has 3 aromatic carbocycles. The van der Waals surface area contributed by atoms with Crippen molar-refractivity contribution in [1.82, 2.24) is 0 Å². The Bertz CT molecular complexity index is 1140. The molecule has 0 aliphatic carbocycles. The summed E-state index contributed by atoms with van der Waals surface area (Å²) < 4.78 is 5.39. The zero-order valence-electron chi connectivity index (χ0n) is 19.9. The van der Waals surface area contributed by atoms with E-state index in [0.29, 0.717) is 22.5 Å². The van der Waals surface area contributed by atoms with Crippen molar-refractivity contribution in [2.24, 2.45) is 0 Å². The summed E-state index contributed by atoms with van der Waals surface area (Å²) in [6.45, 7) is 9.56. The van der Waals surface area contributed by atoms with Crippen molar-refractivity contribution in [3.63, 3.8) is 0 Å². The fraction of sp³-hybridized carbons (Fsp3) is 0.286. The van der Waals surface area contributed by atoms with E-state index in [2.05, 4.69) is 36.3 Å². The molecule has 0 aromatic heterocycles. The SMILES string of the molecule is CC(C)(C)c1ccc(C(=O)Nc2cccc(NC(=O)c3ccc(N4CCOCC4)cc3)c2)cc1. The van der Waals surface area contributed by atoms with Gasteiger partial charge in [0.1, 0.15) is 0 Å². The summed E-state index contributed by atoms with van der Waals surface area (Å²) in [4.78, 5) is 27.7. The Morgan fingerprint density at radius 3 is 1.76 bits per heavy atom. The molecule has 0 unspecified atom stereocenters. The number of ether oxygens (including phenoxy) is 1. The average molecular weight is 458 g/mol. The molecule has 3 aromatic rings. The highest BCUT2D eigenvalue weighted by Gasteiger charge is 2.15. The lowest BCUT2D eigenvalue weighted by atomic mass is 9.87. The van der Waals surface area contributed by atoms with Crippen molar-refractivity contribution >= 4 is 28.9 Å². The Kier molecular flexibility index (Phi) is 6.98. The lowest BCUT2D eigenvalue weighted by Gasteiger charge is -2.28. The topological polar surface area (TPSA) is 70.7 Å². The van der Waals surface area contributed by atoms with Crippen molar-refractivity contribution in [2.75, 3.05) is 41.8 Å². The van der Waals surface area contributed by atoms with E-state index in [9.17, 15) is 9.59 Å². The predicted octanol–water partition coefficient (Wildman–Crippen LogP) is 5.33. The highest BCUT2D eigenvalue weighted by molar-refractivity contribution is 6.06. The highest BCUT2D eigenvalue weighted by atomic mass is 16.5. The third kappa shape index (κ3) is 5.83. The largest absolute Gasteiger partial charge is 0.378 e. The molecule has 0 radical (unpaired) electrons. The minimum atomic E-state index is -0.199. The average Bonchev–Trinajstić information content (AvgIpc) is 2.84. The molecular weight excluding hydrogens is 426 g/mol. The molecule has 0 spiro atoms. The van der Waals surface area contributed by atoms with Gasteiger partial charge in [0.2, 0.25) is 0 Å². The number of hydrogen-bond acceptors (Lipinski definition) is 4. The minimum Gasteiger partial charge on any atom is -0.378 e. The summed E-state index contributed by atoms with van der Waals surface area (Å²) in [6, 6.07) is 22.4. The molecule has 6 heteroatoms. The maximum absolute atomic E-state index is 12.7. The van der Waals surface area contributed by atoms with Crippen LogP contribution in [0.4, 0.5) is 17.1 Å². The van der Waals surface area contributed by atoms with Gasteiger partial charge in [-0.2, -0.15) is 0 Å². The fourth-order valence-corrected chi connectivity index (χ4v) is 3.85. The molecule has 1 aliphatic rings. The van der Waals surface area contributed by atoms with Crippen molar-refractivity contribution in [3.8, 4) is 0 Å². The summed E-state index contributed by atoms with van der Waals surface area (Å²) >= 11 is 0. The number of carbonyl (C=O) groups is 2. The van der Waals surface area contributed by atoms with Gasteiger partial charge in [-0.3, -0.25) is 9.59 Å². The summed E-state index contributed by atoms with van der Waals surface area (Å²) in [5.41, 5.74) is 4.68. The Morgan fingerprint density at radius 1 is 0.765 bits per heavy atom. The van der Waals surface area contributed by atoms with E-state index in [0.717, 1.165) is 32.0 Å². The second kappa shape index (κ2) is 10.1. The molecule has 1 fully saturated rings. The van der Waals surface area contributed by atoms with Crippen LogP contribution in [-0.2, 0) is 10.2 Å². The molecule has 2 N–H and O–H groups in total. The van der Waals surface area contributed by atoms with Crippen LogP contribution in [0, 0.1) is 0 Å². The van der Waals surface area contributed by atoms with Gasteiger partial charge in [-0.1, -0.05) is 39.0 Å². The number of nitrogens with one attached hydrogen (secondary N) is 2. The Labute approximate surface area is 200 Å². The van der Waals surface area contributed by atoms with Crippen LogP contribution in [0.3, 0.4) is 0 Å². The fourth-order valence-electron chi connectivity index (χ4n) is 3.85. The maximum Gasteiger partial charge on any atom is 0.255 e. The molecule has 2 amide bonds. The van der Waals surface area contributed by atoms with Gasteiger partial charge in [-0.05, 0) is 65.6 Å². The zero-order chi connectivity index (χ0) is 24.1. The van der Waals surface area contributed by atoms with Crippen LogP contribution >= 0.6 is 0 Å². The molecule has 4 rings (SSSR count). The second-order valence-corrected chi connectivity index (χ2v) is 9.46. The van der Waals surface area contributed by atoms with Gasteiger partial charge in [-0.15, -0.1) is 0 Å². The normalized spacial score (nSPS) is 13.9. The third-order valence-electron chi connectivity index (χ3n) is 5.90. The van der Waals surface area contributed by atoms with Gasteiger partial charge in [-0.25, -0.2) is 0 Å². The smallest absolute Gasteiger partial charge is 0.255 e. The predicted molar refractivity (Wildman–Crippen MR) is 137 cm³/mol. The number of benzene rings is 3. The number of anilines is 3. The molecule has 0 atom stereocenters. The first-order chi connectivity index (χ1) is 16.3. The summed E-state index contributed by atoms with van der Waals surface area (Å²) in [5.74, 6) is -0.391. The van der Waals surface area contributed by atoms with Crippen molar-refractivity contribution in [1.29, 1.82) is 0 Å². The molecule has 176 valence electrons. The zero-order valence-corrected chi connectivity index (χ0v) is 19.9. The van der Waals surface area contributed by atoms with Crippen LogP contribution in [0.1, 0.15) is 47.1 Å². The molecule has 1 heterocycles. The van der Waals surface area contributed by atoms with Gasteiger partial charge < -0.3 is 20.3 Å². The number of amides is 2. The first-order valence-electron chi connectivity index (χ1n) is 11.6. The van der Waals surface area contributed by atoms with Crippen LogP contribution < -0.4 is 15.5 Å². The van der Waals surface area contributed by atoms with Crippen LogP contribution in [-0.4, -0.2) is 38.1 Å². The van der Waals surface area contributed by atoms with Gasteiger partial charge >= 0.3 is 0 Å². The minimum absolute atomic E-state index is 0.0321. The molecule has 6 nitrogen and oxygen atoms in total. The summed E-state index contributed by atoms with van der Waals surface area (Å²) in [7, 11) is 0. The number of morpholine rings is 1. The monoisotopic (exact) mass is 457 g/mol. The van der Waals surface area contributed by atoms with Crippen LogP contribution in [0.15, 0.2) is 72.8 Å². The van der Waals surface area contributed by atoms with Gasteiger partial charge in [0.25, 0.3) is 11.8 Å². The molecule has 1 aliphatic heterocycles. The van der Waals surface area contributed by atoms with E-state index in [1.54, 1.807) is 24.3 Å². The number of carbonyl (C=O) groups excluding carboxylic acids is 2. The molecular formula is C28H31N3O3. The van der Waals surface area contributed by atoms with E-state index in [4.69, 9.17) is 4.74 Å². The van der Waals surface area contributed by atoms with Gasteiger partial charge in [0.05, 0.1) is 13.2 Å². The summed E-state index contributed by atoms with van der Waals surface area (Å²) in [6.07, 6.45) is 0. The van der Waals surface area contributed by atoms with Crippen molar-refractivity contribution in [3.05, 3.63) is 89.5 Å². The molecule has 34 heavy (non-hydrogen) atoms. The molecule has 0 bridgehead atoms. The lowest BCUT2D eigenvalue weighted by molar-refractivity contribution is 0.101. The van der Waals surface area contributed by atoms with Gasteiger partial charge in [0.15, 0.2) is 0 Å². The standard InChI is InChI=1S/C28H31N3O3/c1-28(2,3)22-11-7-20(8-12-22)26(32)29-23-5-4-6-24(19-23)30-27(33)21-9-13-25(14-10-21)31-15-17-34-18-16-31/h4-14,19H,15-18H2,1-3H3,(H,29,32)(H,30,33). The second-order valence-electron chi connectivity index (χ2n) is 9.46. The van der Waals surface area contributed by atoms with E-state index < -0.39 is 0 Å². The van der Waals surface area contributed by atoms with E-state index in [1.165, 1.54) is 5.56 Å². The highest BCUT2D eigenvalue weighted by Crippen LogP contribution is 2.23. The van der Waals surface area contributed by atoms with Crippen molar-refractivity contribution < 1.29 is 14.3 Å². The number of hydrogen-bond donors (Lipinski definition) is 2. The maximum atomic E-state index is 12.7. The molecule has 1 saturated heterocycles. The Balaban J connectivity index is 1.38. The summed E-state index contributed by atoms with van der Waals surface area (Å²) in [5, 5.41) is 5.82. The number of rotatable bonds is 5. The van der Waals surface area contributed by atoms with Crippen molar-refractivity contribution in [2.45, 2.75) is 26.2 Å². The van der Waals surface area contributed by atoms with Crippen LogP contribution in [0.5, 0.6) is 0 Å². The lowest BCUT2D eigenvalue weighted by Crippen LogP contribution is -2.36. The third-order valence-corrected chi connectivity index (χ3v) is 5.90. The van der Waals surface area contributed by atoms with E-state index in [-0.39, 0.29) is 17.2 Å². The number of nitrogens with zero attached hydrogens (tertiary/aromatic N) is 1. The van der Waals surface area contributed by atoms with Crippen LogP contribution in [0.25, 0.3) is 0 Å². The van der Waals surface area contributed by atoms with E-state index in [1.807, 2.05) is 48.5 Å². The first kappa shape index (κ1) is 23.5. The quantitative estimate of drug-likeness (QED) is 0.544. The first-order valence-corrected chi connectivity index (χ1v) is 11.6.